The Morgan fingerprint density at radius 2 is 1.77 bits per heavy atom. The van der Waals surface area contributed by atoms with E-state index in [9.17, 15) is 37.1 Å². The molecule has 3 aliphatic heterocycles. The van der Waals surface area contributed by atoms with Gasteiger partial charge in [-0.15, -0.1) is 0 Å². The second kappa shape index (κ2) is 11.7. The second-order valence-corrected chi connectivity index (χ2v) is 15.1. The van der Waals surface area contributed by atoms with Gasteiger partial charge in [0.1, 0.15) is 11.6 Å². The standard InChI is InChI=1S/C30H38FN5O7S/c1-19-14-20(4-5-21(19)31)16-32-25(39)23-24(38)27(41)36-18-29(17-35-10-12-44(42,43)13-11-35)6-8-30(9-7-29,28(36)33-23)15-22(37)26(40)34(2)3/h4-5,14,38H,6-13,15-18H2,1-3H3,(H,32,39). The number of nitrogens with zero attached hydrogens (tertiary/aromatic N) is 4. The molecule has 44 heavy (non-hydrogen) atoms. The maximum absolute atomic E-state index is 13.8. The highest BCUT2D eigenvalue weighted by Crippen LogP contribution is 2.52. The average Bonchev–Trinajstić information content (AvgIpc) is 3.19. The molecule has 4 aliphatic rings. The zero-order valence-corrected chi connectivity index (χ0v) is 26.0. The molecule has 2 aromatic rings. The van der Waals surface area contributed by atoms with Crippen molar-refractivity contribution >= 4 is 27.4 Å². The van der Waals surface area contributed by atoms with Crippen molar-refractivity contribution in [3.05, 3.63) is 57.0 Å². The number of benzene rings is 1. The number of aromatic nitrogens is 2. The van der Waals surface area contributed by atoms with E-state index in [1.807, 2.05) is 0 Å². The molecule has 1 aromatic carbocycles. The summed E-state index contributed by atoms with van der Waals surface area (Å²) in [6.07, 6.45) is 1.77. The van der Waals surface area contributed by atoms with Gasteiger partial charge < -0.3 is 20.2 Å². The third kappa shape index (κ3) is 6.14. The number of hydrogen-bond acceptors (Lipinski definition) is 9. The second-order valence-electron chi connectivity index (χ2n) is 12.8. The monoisotopic (exact) mass is 631 g/mol. The van der Waals surface area contributed by atoms with Crippen LogP contribution in [0.2, 0.25) is 0 Å². The van der Waals surface area contributed by atoms with Crippen LogP contribution in [0.3, 0.4) is 0 Å². The summed E-state index contributed by atoms with van der Waals surface area (Å²) < 4.78 is 39.1. The summed E-state index contributed by atoms with van der Waals surface area (Å²) in [6.45, 7) is 3.04. The molecule has 0 radical (unpaired) electrons. The molecule has 1 saturated heterocycles. The molecule has 0 spiro atoms. The molecular weight excluding hydrogens is 593 g/mol. The summed E-state index contributed by atoms with van der Waals surface area (Å²) in [5.74, 6) is -3.04. The Morgan fingerprint density at radius 1 is 1.11 bits per heavy atom. The van der Waals surface area contributed by atoms with Crippen molar-refractivity contribution in [1.82, 2.24) is 24.7 Å². The summed E-state index contributed by atoms with van der Waals surface area (Å²) in [4.78, 5) is 60.7. The van der Waals surface area contributed by atoms with Crippen molar-refractivity contribution < 1.29 is 32.3 Å². The molecule has 2 bridgehead atoms. The van der Waals surface area contributed by atoms with E-state index >= 15 is 0 Å². The number of carbonyl (C=O) groups excluding carboxylic acids is 3. The van der Waals surface area contributed by atoms with Crippen LogP contribution in [0, 0.1) is 18.2 Å². The number of hydrogen-bond donors (Lipinski definition) is 2. The zero-order valence-electron chi connectivity index (χ0n) is 25.2. The third-order valence-corrected chi connectivity index (χ3v) is 11.0. The molecule has 0 atom stereocenters. The Balaban J connectivity index is 1.51. The first kappa shape index (κ1) is 31.8. The number of ketones is 1. The summed E-state index contributed by atoms with van der Waals surface area (Å²) in [5, 5.41) is 13.6. The van der Waals surface area contributed by atoms with Crippen LogP contribution in [0.1, 0.15) is 59.5 Å². The maximum atomic E-state index is 13.8. The highest BCUT2D eigenvalue weighted by Gasteiger charge is 2.52. The lowest BCUT2D eigenvalue weighted by molar-refractivity contribution is -0.144. The van der Waals surface area contributed by atoms with Crippen LogP contribution in [0.15, 0.2) is 23.0 Å². The van der Waals surface area contributed by atoms with Gasteiger partial charge in [-0.25, -0.2) is 17.8 Å². The van der Waals surface area contributed by atoms with E-state index in [1.165, 1.54) is 35.7 Å². The average molecular weight is 632 g/mol. The molecule has 12 nitrogen and oxygen atoms in total. The van der Waals surface area contributed by atoms with Crippen LogP contribution in [0.5, 0.6) is 5.75 Å². The predicted octanol–water partition coefficient (Wildman–Crippen LogP) is 0.916. The van der Waals surface area contributed by atoms with Crippen LogP contribution in [-0.2, 0) is 37.9 Å². The fourth-order valence-corrected chi connectivity index (χ4v) is 8.07. The summed E-state index contributed by atoms with van der Waals surface area (Å²) in [5.41, 5.74) is -1.78. The number of carbonyl (C=O) groups is 3. The van der Waals surface area contributed by atoms with Gasteiger partial charge in [-0.3, -0.25) is 23.7 Å². The highest BCUT2D eigenvalue weighted by molar-refractivity contribution is 7.91. The van der Waals surface area contributed by atoms with Crippen LogP contribution in [0.25, 0.3) is 0 Å². The Kier molecular flexibility index (Phi) is 8.44. The largest absolute Gasteiger partial charge is 0.501 e. The number of Topliss-reactive ketones (excluding diaryl/α,β-unsaturated/α-hetero) is 1. The number of halogens is 1. The lowest BCUT2D eigenvalue weighted by Gasteiger charge is -2.44. The number of fused-ring (bicyclic) bond motifs is 2. The van der Waals surface area contributed by atoms with Gasteiger partial charge in [0.15, 0.2) is 15.5 Å². The zero-order chi connectivity index (χ0) is 32.0. The Bertz CT molecular complexity index is 1660. The van der Waals surface area contributed by atoms with Crippen molar-refractivity contribution in [2.75, 3.05) is 45.2 Å². The van der Waals surface area contributed by atoms with E-state index in [4.69, 9.17) is 0 Å². The first-order chi connectivity index (χ1) is 20.6. The normalized spacial score (nSPS) is 24.3. The van der Waals surface area contributed by atoms with Crippen LogP contribution in [0.4, 0.5) is 4.39 Å². The Morgan fingerprint density at radius 3 is 2.39 bits per heavy atom. The van der Waals surface area contributed by atoms with Gasteiger partial charge in [0.25, 0.3) is 17.4 Å². The van der Waals surface area contributed by atoms with Gasteiger partial charge in [0.05, 0.1) is 11.5 Å². The molecule has 1 aliphatic carbocycles. The van der Waals surface area contributed by atoms with Crippen molar-refractivity contribution in [1.29, 1.82) is 0 Å². The number of sulfone groups is 1. The molecule has 2 amide bonds. The van der Waals surface area contributed by atoms with Crippen molar-refractivity contribution in [2.45, 2.75) is 57.5 Å². The topological polar surface area (TPSA) is 159 Å². The van der Waals surface area contributed by atoms with Crippen LogP contribution < -0.4 is 10.9 Å². The Hall–Kier alpha value is -3.65. The first-order valence-electron chi connectivity index (χ1n) is 14.7. The van der Waals surface area contributed by atoms with Gasteiger partial charge in [-0.1, -0.05) is 12.1 Å². The summed E-state index contributed by atoms with van der Waals surface area (Å²) in [6, 6.07) is 4.37. The van der Waals surface area contributed by atoms with Crippen molar-refractivity contribution in [2.24, 2.45) is 5.41 Å². The van der Waals surface area contributed by atoms with Crippen molar-refractivity contribution in [3.8, 4) is 5.75 Å². The molecule has 2 N–H and O–H groups in total. The van der Waals surface area contributed by atoms with E-state index in [0.717, 1.165) is 0 Å². The van der Waals surface area contributed by atoms with E-state index in [2.05, 4.69) is 15.2 Å². The molecule has 14 heteroatoms. The molecule has 4 heterocycles. The molecular formula is C30H38FN5O7S. The maximum Gasteiger partial charge on any atom is 0.296 e. The summed E-state index contributed by atoms with van der Waals surface area (Å²) >= 11 is 0. The minimum Gasteiger partial charge on any atom is -0.501 e. The van der Waals surface area contributed by atoms with E-state index in [1.54, 1.807) is 13.0 Å². The smallest absolute Gasteiger partial charge is 0.296 e. The fourth-order valence-electron chi connectivity index (χ4n) is 6.79. The number of likely N-dealkylation sites (N-methyl/N-ethyl adjacent to an activating group) is 1. The molecule has 1 aromatic heterocycles. The Labute approximate surface area is 255 Å². The molecule has 1 saturated carbocycles. The van der Waals surface area contributed by atoms with Crippen LogP contribution >= 0.6 is 0 Å². The molecule has 2 fully saturated rings. The highest BCUT2D eigenvalue weighted by atomic mass is 32.2. The fraction of sp³-hybridized carbons (Fsp3) is 0.567. The van der Waals surface area contributed by atoms with E-state index in [0.29, 0.717) is 56.4 Å². The number of aryl methyl sites for hydroxylation is 1. The minimum absolute atomic E-state index is 0.00484. The number of rotatable bonds is 8. The number of nitrogens with one attached hydrogen (secondary N) is 1. The number of aromatic hydroxyl groups is 1. The SMILES string of the molecule is Cc1cc(CNC(=O)c2nc3n(c(=O)c2O)CC2(CN4CCS(=O)(=O)CC4)CCC3(CC(=O)C(=O)N(C)C)CC2)ccc1F. The summed E-state index contributed by atoms with van der Waals surface area (Å²) in [7, 11) is -0.124. The molecule has 0 unspecified atom stereocenters. The number of amides is 2. The van der Waals surface area contributed by atoms with E-state index in [-0.39, 0.29) is 42.7 Å². The van der Waals surface area contributed by atoms with Gasteiger partial charge >= 0.3 is 0 Å². The van der Waals surface area contributed by atoms with Gasteiger partial charge in [0, 0.05) is 64.1 Å². The molecule has 238 valence electrons. The van der Waals surface area contributed by atoms with Gasteiger partial charge in [0.2, 0.25) is 11.5 Å². The van der Waals surface area contributed by atoms with Crippen molar-refractivity contribution in [3.63, 3.8) is 0 Å². The van der Waals surface area contributed by atoms with Gasteiger partial charge in [-0.05, 0) is 49.8 Å². The van der Waals surface area contributed by atoms with Gasteiger partial charge in [-0.2, -0.15) is 0 Å². The quantitative estimate of drug-likeness (QED) is 0.404. The predicted molar refractivity (Wildman–Crippen MR) is 158 cm³/mol. The lowest BCUT2D eigenvalue weighted by atomic mass is 9.62. The van der Waals surface area contributed by atoms with E-state index < -0.39 is 55.3 Å². The lowest BCUT2D eigenvalue weighted by Crippen LogP contribution is -2.48. The molecule has 6 rings (SSSR count). The first-order valence-corrected chi connectivity index (χ1v) is 16.5. The minimum atomic E-state index is -3.09. The van der Waals surface area contributed by atoms with Crippen LogP contribution in [-0.4, -0.2) is 95.7 Å². The third-order valence-electron chi connectivity index (χ3n) is 9.41.